The second-order valence-electron chi connectivity index (χ2n) is 5.05. The van der Waals surface area contributed by atoms with Crippen molar-refractivity contribution in [2.24, 2.45) is 0 Å². The van der Waals surface area contributed by atoms with Gasteiger partial charge in [0.25, 0.3) is 5.91 Å². The fourth-order valence-electron chi connectivity index (χ4n) is 2.13. The number of aromatic nitrogens is 2. The summed E-state index contributed by atoms with van der Waals surface area (Å²) in [6.45, 7) is 0.637. The molecule has 116 valence electrons. The molecule has 0 aliphatic heterocycles. The Kier molecular flexibility index (Phi) is 4.24. The molecule has 3 rings (SSSR count). The Hall–Kier alpha value is -3.28. The summed E-state index contributed by atoms with van der Waals surface area (Å²) in [5, 5.41) is 12.7. The van der Waals surface area contributed by atoms with E-state index in [1.54, 1.807) is 30.5 Å². The van der Waals surface area contributed by atoms with E-state index in [0.717, 1.165) is 11.4 Å². The minimum atomic E-state index is -0.185. The quantitative estimate of drug-likeness (QED) is 0.545. The number of nitrogens with one attached hydrogen (secondary N) is 3. The molecule has 6 nitrogen and oxygen atoms in total. The molecule has 3 aromatic rings. The van der Waals surface area contributed by atoms with E-state index in [4.69, 9.17) is 5.73 Å². The van der Waals surface area contributed by atoms with Crippen LogP contribution in [0.2, 0.25) is 0 Å². The molecule has 2 aromatic carbocycles. The SMILES string of the molecule is Nc1ccccc1NC(=O)c1ccc(CNc2cc[nH]n2)cc1. The Morgan fingerprint density at radius 1 is 1.09 bits per heavy atom. The predicted molar refractivity (Wildman–Crippen MR) is 91.2 cm³/mol. The maximum Gasteiger partial charge on any atom is 0.255 e. The molecule has 0 radical (unpaired) electrons. The number of carbonyl (C=O) groups is 1. The van der Waals surface area contributed by atoms with Crippen molar-refractivity contribution in [1.29, 1.82) is 0 Å². The van der Waals surface area contributed by atoms with E-state index in [2.05, 4.69) is 20.8 Å². The molecular formula is C17H17N5O. The molecule has 5 N–H and O–H groups in total. The molecule has 23 heavy (non-hydrogen) atoms. The van der Waals surface area contributed by atoms with Gasteiger partial charge in [0, 0.05) is 18.3 Å². The number of rotatable bonds is 5. The van der Waals surface area contributed by atoms with Gasteiger partial charge in [0.15, 0.2) is 0 Å². The first-order valence-electron chi connectivity index (χ1n) is 7.21. The second kappa shape index (κ2) is 6.65. The molecule has 0 aliphatic carbocycles. The van der Waals surface area contributed by atoms with Crippen molar-refractivity contribution in [1.82, 2.24) is 10.2 Å². The zero-order valence-corrected chi connectivity index (χ0v) is 12.4. The van der Waals surface area contributed by atoms with Crippen LogP contribution in [0.3, 0.4) is 0 Å². The van der Waals surface area contributed by atoms with E-state index in [9.17, 15) is 4.79 Å². The van der Waals surface area contributed by atoms with E-state index in [1.165, 1.54) is 0 Å². The number of aromatic amines is 1. The summed E-state index contributed by atoms with van der Waals surface area (Å²) >= 11 is 0. The van der Waals surface area contributed by atoms with Gasteiger partial charge in [-0.15, -0.1) is 0 Å². The van der Waals surface area contributed by atoms with Crippen LogP contribution in [0.25, 0.3) is 0 Å². The van der Waals surface area contributed by atoms with E-state index < -0.39 is 0 Å². The molecule has 0 fully saturated rings. The van der Waals surface area contributed by atoms with Crippen LogP contribution in [0.15, 0.2) is 60.8 Å². The lowest BCUT2D eigenvalue weighted by Crippen LogP contribution is -2.13. The smallest absolute Gasteiger partial charge is 0.255 e. The second-order valence-corrected chi connectivity index (χ2v) is 5.05. The van der Waals surface area contributed by atoms with Crippen LogP contribution in [0.4, 0.5) is 17.2 Å². The van der Waals surface area contributed by atoms with Gasteiger partial charge in [0.1, 0.15) is 5.82 Å². The van der Waals surface area contributed by atoms with Crippen LogP contribution >= 0.6 is 0 Å². The van der Waals surface area contributed by atoms with Crippen molar-refractivity contribution in [3.8, 4) is 0 Å². The standard InChI is InChI=1S/C17H17N5O/c18-14-3-1-2-4-15(14)21-17(23)13-7-5-12(6-8-13)11-19-16-9-10-20-22-16/h1-10H,11,18H2,(H,21,23)(H2,19,20,22). The molecule has 0 spiro atoms. The number of para-hydroxylation sites is 2. The number of nitrogen functional groups attached to an aromatic ring is 1. The molecule has 0 saturated carbocycles. The first kappa shape index (κ1) is 14.6. The third-order valence-corrected chi connectivity index (χ3v) is 3.40. The molecule has 0 aliphatic rings. The maximum absolute atomic E-state index is 12.2. The number of H-pyrrole nitrogens is 1. The summed E-state index contributed by atoms with van der Waals surface area (Å²) < 4.78 is 0. The number of carbonyl (C=O) groups excluding carboxylic acids is 1. The summed E-state index contributed by atoms with van der Waals surface area (Å²) in [5.74, 6) is 0.598. The van der Waals surface area contributed by atoms with Crippen LogP contribution in [-0.2, 0) is 6.54 Å². The third kappa shape index (κ3) is 3.68. The highest BCUT2D eigenvalue weighted by molar-refractivity contribution is 6.05. The van der Waals surface area contributed by atoms with E-state index in [-0.39, 0.29) is 5.91 Å². The zero-order valence-electron chi connectivity index (χ0n) is 12.4. The van der Waals surface area contributed by atoms with Gasteiger partial charge in [-0.2, -0.15) is 5.10 Å². The maximum atomic E-state index is 12.2. The van der Waals surface area contributed by atoms with Gasteiger partial charge in [-0.3, -0.25) is 9.89 Å². The van der Waals surface area contributed by atoms with Crippen LogP contribution in [0.5, 0.6) is 0 Å². The number of nitrogens with two attached hydrogens (primary N) is 1. The Morgan fingerprint density at radius 2 is 1.87 bits per heavy atom. The Balaban J connectivity index is 1.62. The van der Waals surface area contributed by atoms with Gasteiger partial charge in [-0.1, -0.05) is 24.3 Å². The Labute approximate surface area is 133 Å². The average molecular weight is 307 g/mol. The van der Waals surface area contributed by atoms with Crippen LogP contribution in [0, 0.1) is 0 Å². The highest BCUT2D eigenvalue weighted by Gasteiger charge is 2.07. The first-order chi connectivity index (χ1) is 11.2. The zero-order chi connectivity index (χ0) is 16.1. The highest BCUT2D eigenvalue weighted by Crippen LogP contribution is 2.18. The number of nitrogens with zero attached hydrogens (tertiary/aromatic N) is 1. The van der Waals surface area contributed by atoms with E-state index >= 15 is 0 Å². The molecule has 1 heterocycles. The largest absolute Gasteiger partial charge is 0.397 e. The summed E-state index contributed by atoms with van der Waals surface area (Å²) in [7, 11) is 0. The van der Waals surface area contributed by atoms with E-state index in [1.807, 2.05) is 30.3 Å². The normalized spacial score (nSPS) is 10.3. The van der Waals surface area contributed by atoms with Crippen molar-refractivity contribution in [2.45, 2.75) is 6.54 Å². The number of benzene rings is 2. The fraction of sp³-hybridized carbons (Fsp3) is 0.0588. The lowest BCUT2D eigenvalue weighted by atomic mass is 10.1. The van der Waals surface area contributed by atoms with Gasteiger partial charge in [-0.25, -0.2) is 0 Å². The van der Waals surface area contributed by atoms with Crippen molar-refractivity contribution in [2.75, 3.05) is 16.4 Å². The number of amides is 1. The average Bonchev–Trinajstić information content (AvgIpc) is 3.09. The minimum Gasteiger partial charge on any atom is -0.397 e. The molecule has 1 aromatic heterocycles. The molecular weight excluding hydrogens is 290 g/mol. The summed E-state index contributed by atoms with van der Waals surface area (Å²) in [5.41, 5.74) is 8.62. The van der Waals surface area contributed by atoms with Crippen molar-refractivity contribution in [3.63, 3.8) is 0 Å². The van der Waals surface area contributed by atoms with Crippen molar-refractivity contribution < 1.29 is 4.79 Å². The van der Waals surface area contributed by atoms with Gasteiger partial charge >= 0.3 is 0 Å². The van der Waals surface area contributed by atoms with Crippen LogP contribution < -0.4 is 16.4 Å². The topological polar surface area (TPSA) is 95.8 Å². The third-order valence-electron chi connectivity index (χ3n) is 3.40. The summed E-state index contributed by atoms with van der Waals surface area (Å²) in [6.07, 6.45) is 1.76. The molecule has 1 amide bonds. The predicted octanol–water partition coefficient (Wildman–Crippen LogP) is 2.86. The van der Waals surface area contributed by atoms with Gasteiger partial charge in [-0.05, 0) is 35.9 Å². The Morgan fingerprint density at radius 3 is 2.57 bits per heavy atom. The molecule has 0 atom stereocenters. The van der Waals surface area contributed by atoms with Crippen LogP contribution in [0.1, 0.15) is 15.9 Å². The highest BCUT2D eigenvalue weighted by atomic mass is 16.1. The number of anilines is 3. The van der Waals surface area contributed by atoms with E-state index in [0.29, 0.717) is 23.5 Å². The van der Waals surface area contributed by atoms with Gasteiger partial charge in [0.2, 0.25) is 0 Å². The van der Waals surface area contributed by atoms with Crippen LogP contribution in [-0.4, -0.2) is 16.1 Å². The summed E-state index contributed by atoms with van der Waals surface area (Å²) in [4.78, 5) is 12.2. The summed E-state index contributed by atoms with van der Waals surface area (Å²) in [6, 6.07) is 16.4. The first-order valence-corrected chi connectivity index (χ1v) is 7.21. The molecule has 6 heteroatoms. The van der Waals surface area contributed by atoms with Gasteiger partial charge in [0.05, 0.1) is 11.4 Å². The molecule has 0 saturated heterocycles. The fourth-order valence-corrected chi connectivity index (χ4v) is 2.13. The van der Waals surface area contributed by atoms with Crippen molar-refractivity contribution >= 4 is 23.1 Å². The number of hydrogen-bond donors (Lipinski definition) is 4. The Bertz CT molecular complexity index is 781. The minimum absolute atomic E-state index is 0.185. The monoisotopic (exact) mass is 307 g/mol. The van der Waals surface area contributed by atoms with Crippen molar-refractivity contribution in [3.05, 3.63) is 71.9 Å². The molecule has 0 unspecified atom stereocenters. The molecule has 0 bridgehead atoms. The number of hydrogen-bond acceptors (Lipinski definition) is 4. The lowest BCUT2D eigenvalue weighted by molar-refractivity contribution is 0.102. The lowest BCUT2D eigenvalue weighted by Gasteiger charge is -2.08. The van der Waals surface area contributed by atoms with Gasteiger partial charge < -0.3 is 16.4 Å².